The Morgan fingerprint density at radius 1 is 1.30 bits per heavy atom. The van der Waals surface area contributed by atoms with Gasteiger partial charge in [0, 0.05) is 27.3 Å². The van der Waals surface area contributed by atoms with Crippen LogP contribution in [0.2, 0.25) is 5.02 Å². The lowest BCUT2D eigenvalue weighted by atomic mass is 10.1. The molecule has 0 radical (unpaired) electrons. The summed E-state index contributed by atoms with van der Waals surface area (Å²) in [7, 11) is 0. The Kier molecular flexibility index (Phi) is 4.52. The predicted octanol–water partition coefficient (Wildman–Crippen LogP) is 3.32. The van der Waals surface area contributed by atoms with Gasteiger partial charge in [-0.2, -0.15) is 0 Å². The molecule has 0 saturated heterocycles. The zero-order valence-electron chi connectivity index (χ0n) is 10.4. The van der Waals surface area contributed by atoms with Crippen molar-refractivity contribution < 1.29 is 9.90 Å². The lowest BCUT2D eigenvalue weighted by Gasteiger charge is -2.09. The average Bonchev–Trinajstić information content (AvgIpc) is 2.39. The van der Waals surface area contributed by atoms with Crippen LogP contribution in [0.4, 0.5) is 5.69 Å². The highest BCUT2D eigenvalue weighted by molar-refractivity contribution is 9.10. The van der Waals surface area contributed by atoms with Gasteiger partial charge in [0.1, 0.15) is 5.75 Å². The van der Waals surface area contributed by atoms with E-state index in [2.05, 4.69) is 21.2 Å². The van der Waals surface area contributed by atoms with Gasteiger partial charge < -0.3 is 16.2 Å². The Balaban J connectivity index is 2.10. The van der Waals surface area contributed by atoms with E-state index in [0.29, 0.717) is 26.3 Å². The van der Waals surface area contributed by atoms with E-state index in [0.717, 1.165) is 0 Å². The minimum atomic E-state index is -0.268. The van der Waals surface area contributed by atoms with Crippen LogP contribution in [-0.2, 0) is 6.54 Å². The number of nitrogens with one attached hydrogen (secondary N) is 1. The molecule has 4 nitrogen and oxygen atoms in total. The van der Waals surface area contributed by atoms with E-state index in [1.165, 1.54) is 6.07 Å². The lowest BCUT2D eigenvalue weighted by Crippen LogP contribution is -2.23. The van der Waals surface area contributed by atoms with Gasteiger partial charge in [-0.15, -0.1) is 0 Å². The molecule has 0 aromatic heterocycles. The average molecular weight is 356 g/mol. The van der Waals surface area contributed by atoms with Crippen LogP contribution in [0.25, 0.3) is 0 Å². The molecule has 2 aromatic carbocycles. The topological polar surface area (TPSA) is 75.3 Å². The molecule has 0 aliphatic rings. The number of amides is 1. The fraction of sp³-hybridized carbons (Fsp3) is 0.0714. The molecule has 0 aliphatic heterocycles. The molecule has 4 N–H and O–H groups in total. The third kappa shape index (κ3) is 3.43. The van der Waals surface area contributed by atoms with Crippen LogP contribution in [0.5, 0.6) is 5.75 Å². The van der Waals surface area contributed by atoms with Crippen molar-refractivity contribution in [2.75, 3.05) is 5.73 Å². The number of rotatable bonds is 3. The summed E-state index contributed by atoms with van der Waals surface area (Å²) in [4.78, 5) is 12.0. The first kappa shape index (κ1) is 14.7. The Hall–Kier alpha value is -1.72. The van der Waals surface area contributed by atoms with Gasteiger partial charge in [0.15, 0.2) is 0 Å². The molecule has 0 bridgehead atoms. The first-order chi connectivity index (χ1) is 9.47. The lowest BCUT2D eigenvalue weighted by molar-refractivity contribution is 0.0950. The molecule has 2 aromatic rings. The van der Waals surface area contributed by atoms with Crippen LogP contribution in [0, 0.1) is 0 Å². The van der Waals surface area contributed by atoms with Crippen molar-refractivity contribution in [2.24, 2.45) is 0 Å². The molecule has 2 rings (SSSR count). The third-order valence-electron chi connectivity index (χ3n) is 2.72. The zero-order valence-corrected chi connectivity index (χ0v) is 12.7. The number of phenols is 1. The van der Waals surface area contributed by atoms with E-state index in [-0.39, 0.29) is 18.2 Å². The molecule has 0 saturated carbocycles. The first-order valence-corrected chi connectivity index (χ1v) is 6.95. The van der Waals surface area contributed by atoms with Gasteiger partial charge >= 0.3 is 0 Å². The van der Waals surface area contributed by atoms with E-state index in [4.69, 9.17) is 17.3 Å². The normalized spacial score (nSPS) is 10.3. The second kappa shape index (κ2) is 6.15. The quantitative estimate of drug-likeness (QED) is 0.584. The number of hydrogen-bond acceptors (Lipinski definition) is 3. The number of carbonyl (C=O) groups is 1. The van der Waals surface area contributed by atoms with Crippen molar-refractivity contribution >= 4 is 39.1 Å². The molecule has 0 spiro atoms. The number of halogens is 2. The number of anilines is 1. The number of phenolic OH excluding ortho intramolecular Hbond substituents is 1. The van der Waals surface area contributed by atoms with E-state index < -0.39 is 0 Å². The van der Waals surface area contributed by atoms with Crippen molar-refractivity contribution in [2.45, 2.75) is 6.54 Å². The fourth-order valence-corrected chi connectivity index (χ4v) is 2.55. The van der Waals surface area contributed by atoms with Crippen LogP contribution < -0.4 is 11.1 Å². The molecule has 0 unspecified atom stereocenters. The van der Waals surface area contributed by atoms with Crippen LogP contribution in [-0.4, -0.2) is 11.0 Å². The number of aromatic hydroxyl groups is 1. The smallest absolute Gasteiger partial charge is 0.252 e. The van der Waals surface area contributed by atoms with Gasteiger partial charge in [0.2, 0.25) is 0 Å². The van der Waals surface area contributed by atoms with Gasteiger partial charge in [-0.05, 0) is 52.3 Å². The first-order valence-electron chi connectivity index (χ1n) is 5.78. The molecular weight excluding hydrogens is 344 g/mol. The summed E-state index contributed by atoms with van der Waals surface area (Å²) in [6.45, 7) is 0.185. The maximum Gasteiger partial charge on any atom is 0.252 e. The van der Waals surface area contributed by atoms with Crippen LogP contribution in [0.1, 0.15) is 15.9 Å². The summed E-state index contributed by atoms with van der Waals surface area (Å²) in [5.41, 5.74) is 7.20. The monoisotopic (exact) mass is 354 g/mol. The van der Waals surface area contributed by atoms with Gasteiger partial charge in [0.05, 0.1) is 5.56 Å². The fourth-order valence-electron chi connectivity index (χ4n) is 1.69. The second-order valence-corrected chi connectivity index (χ2v) is 5.49. The van der Waals surface area contributed by atoms with Gasteiger partial charge in [-0.3, -0.25) is 4.79 Å². The van der Waals surface area contributed by atoms with E-state index >= 15 is 0 Å². The summed E-state index contributed by atoms with van der Waals surface area (Å²) in [6, 6.07) is 9.62. The molecule has 0 aliphatic carbocycles. The Morgan fingerprint density at radius 2 is 2.05 bits per heavy atom. The molecule has 0 heterocycles. The predicted molar refractivity (Wildman–Crippen MR) is 82.8 cm³/mol. The molecule has 6 heteroatoms. The molecule has 1 amide bonds. The molecule has 104 valence electrons. The minimum absolute atomic E-state index is 0.0923. The van der Waals surface area contributed by atoms with Crippen LogP contribution >= 0.6 is 27.5 Å². The van der Waals surface area contributed by atoms with Gasteiger partial charge in [-0.25, -0.2) is 0 Å². The highest BCUT2D eigenvalue weighted by atomic mass is 79.9. The van der Waals surface area contributed by atoms with Crippen molar-refractivity contribution in [1.29, 1.82) is 0 Å². The maximum atomic E-state index is 12.0. The Morgan fingerprint density at radius 3 is 2.75 bits per heavy atom. The highest BCUT2D eigenvalue weighted by Crippen LogP contribution is 2.22. The number of benzene rings is 2. The van der Waals surface area contributed by atoms with Crippen LogP contribution in [0.3, 0.4) is 0 Å². The van der Waals surface area contributed by atoms with Gasteiger partial charge in [-0.1, -0.05) is 11.6 Å². The Labute approximate surface area is 129 Å². The largest absolute Gasteiger partial charge is 0.508 e. The van der Waals surface area contributed by atoms with Crippen molar-refractivity contribution in [3.63, 3.8) is 0 Å². The molecule has 0 atom stereocenters. The Bertz CT molecular complexity index is 662. The van der Waals surface area contributed by atoms with Crippen LogP contribution in [0.15, 0.2) is 40.9 Å². The maximum absolute atomic E-state index is 12.0. The zero-order chi connectivity index (χ0) is 14.7. The third-order valence-corrected chi connectivity index (χ3v) is 3.61. The number of nitrogen functional groups attached to an aromatic ring is 1. The van der Waals surface area contributed by atoms with E-state index in [1.54, 1.807) is 30.3 Å². The molecule has 20 heavy (non-hydrogen) atoms. The summed E-state index contributed by atoms with van der Waals surface area (Å²) < 4.78 is 0.610. The highest BCUT2D eigenvalue weighted by Gasteiger charge is 2.11. The van der Waals surface area contributed by atoms with Crippen molar-refractivity contribution in [3.05, 3.63) is 57.0 Å². The van der Waals surface area contributed by atoms with Crippen molar-refractivity contribution in [3.8, 4) is 5.75 Å². The molecule has 0 fully saturated rings. The van der Waals surface area contributed by atoms with Crippen molar-refractivity contribution in [1.82, 2.24) is 5.32 Å². The number of nitrogens with two attached hydrogens (primary N) is 1. The van der Waals surface area contributed by atoms with E-state index in [1.807, 2.05) is 0 Å². The van der Waals surface area contributed by atoms with Gasteiger partial charge in [0.25, 0.3) is 5.91 Å². The summed E-state index contributed by atoms with van der Waals surface area (Å²) in [6.07, 6.45) is 0. The summed E-state index contributed by atoms with van der Waals surface area (Å²) >= 11 is 9.11. The number of carbonyl (C=O) groups excluding carboxylic acids is 1. The standard InChI is InChI=1S/C14H12BrClN2O2/c15-12-6-9(16)1-3-11(12)14(20)18-7-8-5-10(17)2-4-13(8)19/h1-6,19H,7,17H2,(H,18,20). The summed E-state index contributed by atoms with van der Waals surface area (Å²) in [5.74, 6) is -0.176. The minimum Gasteiger partial charge on any atom is -0.508 e. The SMILES string of the molecule is Nc1ccc(O)c(CNC(=O)c2ccc(Cl)cc2Br)c1. The number of hydrogen-bond donors (Lipinski definition) is 3. The van der Waals surface area contributed by atoms with E-state index in [9.17, 15) is 9.90 Å². The summed E-state index contributed by atoms with van der Waals surface area (Å²) in [5, 5.41) is 12.9. The molecular formula is C14H12BrClN2O2. The second-order valence-electron chi connectivity index (χ2n) is 4.19.